The van der Waals surface area contributed by atoms with Gasteiger partial charge in [0, 0.05) is 37.5 Å². The highest BCUT2D eigenvalue weighted by Crippen LogP contribution is 2.20. The number of ether oxygens (including phenoxy) is 1. The zero-order valence-corrected chi connectivity index (χ0v) is 16.0. The predicted molar refractivity (Wildman–Crippen MR) is 103 cm³/mol. The largest absolute Gasteiger partial charge is 0.465 e. The molecule has 1 aliphatic heterocycles. The van der Waals surface area contributed by atoms with E-state index in [2.05, 4.69) is 15.0 Å². The monoisotopic (exact) mass is 396 g/mol. The maximum Gasteiger partial charge on any atom is 0.339 e. The zero-order chi connectivity index (χ0) is 21.0. The number of hydrazine groups is 1. The van der Waals surface area contributed by atoms with Crippen molar-refractivity contribution in [3.05, 3.63) is 59.4 Å². The number of rotatable bonds is 4. The maximum absolute atomic E-state index is 13.0. The number of amides is 3. The molecule has 3 rings (SSSR count). The van der Waals surface area contributed by atoms with Crippen molar-refractivity contribution in [1.82, 2.24) is 15.0 Å². The van der Waals surface area contributed by atoms with E-state index in [1.54, 1.807) is 24.3 Å². The summed E-state index contributed by atoms with van der Waals surface area (Å²) < 4.78 is 4.61. The molecule has 0 bridgehead atoms. The van der Waals surface area contributed by atoms with Gasteiger partial charge in [0.25, 0.3) is 11.8 Å². The van der Waals surface area contributed by atoms with Crippen molar-refractivity contribution in [2.24, 2.45) is 0 Å². The van der Waals surface area contributed by atoms with Crippen LogP contribution in [0.1, 0.15) is 44.5 Å². The standard InChI is InChI=1S/C20H20N4O5/c1-13(25)22-16-6-3-5-14(11-16)18(26)23-9-4-10-24(23)19(27)17-8-7-15(12-21-17)20(28)29-2/h3,5-8,11-12H,4,9-10H2,1-2H3,(H,22,25). The molecule has 0 aliphatic carbocycles. The van der Waals surface area contributed by atoms with Crippen LogP contribution in [0.25, 0.3) is 0 Å². The SMILES string of the molecule is COC(=O)c1ccc(C(=O)N2CCCN2C(=O)c2cccc(NC(C)=O)c2)nc1. The number of pyridine rings is 1. The molecule has 3 amide bonds. The molecular weight excluding hydrogens is 376 g/mol. The van der Waals surface area contributed by atoms with Gasteiger partial charge in [-0.1, -0.05) is 6.07 Å². The number of anilines is 1. The summed E-state index contributed by atoms with van der Waals surface area (Å²) in [6.07, 6.45) is 1.89. The van der Waals surface area contributed by atoms with Crippen molar-refractivity contribution in [2.45, 2.75) is 13.3 Å². The van der Waals surface area contributed by atoms with Gasteiger partial charge in [-0.3, -0.25) is 19.4 Å². The smallest absolute Gasteiger partial charge is 0.339 e. The lowest BCUT2D eigenvalue weighted by Gasteiger charge is -2.27. The van der Waals surface area contributed by atoms with Crippen LogP contribution in [0, 0.1) is 0 Å². The topological polar surface area (TPSA) is 109 Å². The number of aromatic nitrogens is 1. The number of benzene rings is 1. The van der Waals surface area contributed by atoms with Gasteiger partial charge >= 0.3 is 5.97 Å². The number of carbonyl (C=O) groups is 4. The molecule has 0 spiro atoms. The molecule has 2 heterocycles. The van der Waals surface area contributed by atoms with Gasteiger partial charge in [-0.2, -0.15) is 0 Å². The summed E-state index contributed by atoms with van der Waals surface area (Å²) in [6.45, 7) is 2.14. The van der Waals surface area contributed by atoms with Crippen molar-refractivity contribution in [1.29, 1.82) is 0 Å². The zero-order valence-electron chi connectivity index (χ0n) is 16.0. The summed E-state index contributed by atoms with van der Waals surface area (Å²) in [6, 6.07) is 9.40. The molecule has 1 saturated heterocycles. The Morgan fingerprint density at radius 2 is 1.72 bits per heavy atom. The van der Waals surface area contributed by atoms with Crippen LogP contribution in [0.4, 0.5) is 5.69 Å². The lowest BCUT2D eigenvalue weighted by Crippen LogP contribution is -2.45. The van der Waals surface area contributed by atoms with Gasteiger partial charge in [0.2, 0.25) is 5.91 Å². The van der Waals surface area contributed by atoms with Gasteiger partial charge in [-0.15, -0.1) is 0 Å². The van der Waals surface area contributed by atoms with Crippen molar-refractivity contribution >= 4 is 29.4 Å². The van der Waals surface area contributed by atoms with Gasteiger partial charge in [0.1, 0.15) is 5.69 Å². The van der Waals surface area contributed by atoms with Crippen LogP contribution in [0.5, 0.6) is 0 Å². The highest BCUT2D eigenvalue weighted by molar-refractivity contribution is 6.00. The van der Waals surface area contributed by atoms with E-state index < -0.39 is 11.9 Å². The van der Waals surface area contributed by atoms with Gasteiger partial charge < -0.3 is 10.1 Å². The van der Waals surface area contributed by atoms with Crippen molar-refractivity contribution in [3.8, 4) is 0 Å². The van der Waals surface area contributed by atoms with Crippen LogP contribution >= 0.6 is 0 Å². The molecule has 1 aromatic carbocycles. The summed E-state index contributed by atoms with van der Waals surface area (Å²) in [5, 5.41) is 5.34. The number of nitrogens with zero attached hydrogens (tertiary/aromatic N) is 3. The highest BCUT2D eigenvalue weighted by Gasteiger charge is 2.32. The molecule has 9 heteroatoms. The molecule has 9 nitrogen and oxygen atoms in total. The number of hydrogen-bond donors (Lipinski definition) is 1. The third-order valence-corrected chi connectivity index (χ3v) is 4.33. The van der Waals surface area contributed by atoms with Gasteiger partial charge in [0.05, 0.1) is 12.7 Å². The molecule has 2 aromatic rings. The van der Waals surface area contributed by atoms with Crippen LogP contribution in [-0.4, -0.2) is 58.9 Å². The van der Waals surface area contributed by atoms with E-state index in [0.29, 0.717) is 30.8 Å². The number of methoxy groups -OCH3 is 1. The lowest BCUT2D eigenvalue weighted by atomic mass is 10.2. The molecule has 0 saturated carbocycles. The minimum absolute atomic E-state index is 0.115. The quantitative estimate of drug-likeness (QED) is 0.789. The average molecular weight is 396 g/mol. The molecule has 29 heavy (non-hydrogen) atoms. The average Bonchev–Trinajstić information content (AvgIpc) is 3.21. The van der Waals surface area contributed by atoms with E-state index in [-0.39, 0.29) is 23.1 Å². The maximum atomic E-state index is 13.0. The summed E-state index contributed by atoms with van der Waals surface area (Å²) >= 11 is 0. The molecule has 0 radical (unpaired) electrons. The first-order valence-electron chi connectivity index (χ1n) is 8.96. The molecule has 1 N–H and O–H groups in total. The Hall–Kier alpha value is -3.75. The first-order chi connectivity index (χ1) is 13.9. The third-order valence-electron chi connectivity index (χ3n) is 4.33. The molecule has 0 unspecified atom stereocenters. The van der Waals surface area contributed by atoms with Crippen molar-refractivity contribution in [3.63, 3.8) is 0 Å². The minimum Gasteiger partial charge on any atom is -0.465 e. The molecule has 150 valence electrons. The Kier molecular flexibility index (Phi) is 5.87. The van der Waals surface area contributed by atoms with Crippen LogP contribution in [0.3, 0.4) is 0 Å². The first-order valence-corrected chi connectivity index (χ1v) is 8.96. The summed E-state index contributed by atoms with van der Waals surface area (Å²) in [5.41, 5.74) is 1.20. The summed E-state index contributed by atoms with van der Waals surface area (Å²) in [4.78, 5) is 52.6. The highest BCUT2D eigenvalue weighted by atomic mass is 16.5. The van der Waals surface area contributed by atoms with Crippen LogP contribution < -0.4 is 5.32 Å². The Labute approximate surface area is 167 Å². The van der Waals surface area contributed by atoms with Crippen molar-refractivity contribution in [2.75, 3.05) is 25.5 Å². The minimum atomic E-state index is -0.548. The van der Waals surface area contributed by atoms with Crippen LogP contribution in [-0.2, 0) is 9.53 Å². The predicted octanol–water partition coefficient (Wildman–Crippen LogP) is 1.73. The Morgan fingerprint density at radius 3 is 2.34 bits per heavy atom. The molecule has 1 aliphatic rings. The van der Waals surface area contributed by atoms with Crippen LogP contribution in [0.2, 0.25) is 0 Å². The lowest BCUT2D eigenvalue weighted by molar-refractivity contribution is -0.114. The molecule has 0 atom stereocenters. The number of esters is 1. The molecular formula is C20H20N4O5. The van der Waals surface area contributed by atoms with E-state index in [1.807, 2.05) is 0 Å². The third kappa shape index (κ3) is 4.40. The second kappa shape index (κ2) is 8.51. The number of carbonyl (C=O) groups excluding carboxylic acids is 4. The van der Waals surface area contributed by atoms with Crippen molar-refractivity contribution < 1.29 is 23.9 Å². The fraction of sp³-hybridized carbons (Fsp3) is 0.250. The molecule has 1 aromatic heterocycles. The Morgan fingerprint density at radius 1 is 1.00 bits per heavy atom. The number of nitrogens with one attached hydrogen (secondary N) is 1. The van der Waals surface area contributed by atoms with E-state index >= 15 is 0 Å². The summed E-state index contributed by atoms with van der Waals surface area (Å²) in [5.74, 6) is -1.58. The van der Waals surface area contributed by atoms with Gasteiger partial charge in [-0.25, -0.2) is 14.8 Å². The second-order valence-corrected chi connectivity index (χ2v) is 6.40. The first kappa shape index (κ1) is 20.0. The van der Waals surface area contributed by atoms with Gasteiger partial charge in [0.15, 0.2) is 0 Å². The van der Waals surface area contributed by atoms with E-state index in [4.69, 9.17) is 0 Å². The van der Waals surface area contributed by atoms with Crippen LogP contribution in [0.15, 0.2) is 42.6 Å². The Bertz CT molecular complexity index is 958. The fourth-order valence-corrected chi connectivity index (χ4v) is 3.01. The second-order valence-electron chi connectivity index (χ2n) is 6.40. The van der Waals surface area contributed by atoms with Gasteiger partial charge in [-0.05, 0) is 36.8 Å². The Balaban J connectivity index is 1.78. The fourth-order valence-electron chi connectivity index (χ4n) is 3.01. The van der Waals surface area contributed by atoms with E-state index in [0.717, 1.165) is 0 Å². The normalized spacial score (nSPS) is 13.2. The van der Waals surface area contributed by atoms with E-state index in [1.165, 1.54) is 42.4 Å². The number of hydrogen-bond acceptors (Lipinski definition) is 6. The van der Waals surface area contributed by atoms with E-state index in [9.17, 15) is 19.2 Å². The summed E-state index contributed by atoms with van der Waals surface area (Å²) in [7, 11) is 1.26. The molecule has 1 fully saturated rings.